The molecule has 1 unspecified atom stereocenters. The van der Waals surface area contributed by atoms with Crippen LogP contribution in [0.3, 0.4) is 0 Å². The number of ether oxygens (including phenoxy) is 1. The van der Waals surface area contributed by atoms with E-state index in [4.69, 9.17) is 4.74 Å². The van der Waals surface area contributed by atoms with Crippen molar-refractivity contribution in [1.82, 2.24) is 0 Å². The highest BCUT2D eigenvalue weighted by molar-refractivity contribution is 7.99. The van der Waals surface area contributed by atoms with Crippen molar-refractivity contribution >= 4 is 11.8 Å². The number of hydrogen-bond donors (Lipinski definition) is 1. The summed E-state index contributed by atoms with van der Waals surface area (Å²) in [5, 5.41) is 10.5. The first kappa shape index (κ1) is 14.4. The molecule has 1 rings (SSSR count). The smallest absolute Gasteiger partial charge is 0.119 e. The van der Waals surface area contributed by atoms with Crippen LogP contribution < -0.4 is 4.74 Å². The predicted molar refractivity (Wildman–Crippen MR) is 74.8 cm³/mol. The maximum atomic E-state index is 9.98. The van der Waals surface area contributed by atoms with Gasteiger partial charge in [0.1, 0.15) is 5.75 Å². The Labute approximate surface area is 108 Å². The van der Waals surface area contributed by atoms with Crippen LogP contribution in [0.2, 0.25) is 0 Å². The second-order valence-corrected chi connectivity index (χ2v) is 6.24. The van der Waals surface area contributed by atoms with Gasteiger partial charge in [-0.3, -0.25) is 0 Å². The van der Waals surface area contributed by atoms with Gasteiger partial charge in [-0.15, -0.1) is 0 Å². The summed E-state index contributed by atoms with van der Waals surface area (Å²) in [7, 11) is 0. The zero-order valence-electron chi connectivity index (χ0n) is 11.0. The molecule has 1 aromatic carbocycles. The molecule has 0 radical (unpaired) electrons. The fourth-order valence-electron chi connectivity index (χ4n) is 1.42. The van der Waals surface area contributed by atoms with Crippen LogP contribution in [0.15, 0.2) is 24.3 Å². The first-order chi connectivity index (χ1) is 7.99. The van der Waals surface area contributed by atoms with Crippen molar-refractivity contribution in [1.29, 1.82) is 0 Å². The number of rotatable bonds is 6. The predicted octanol–water partition coefficient (Wildman–Crippen LogP) is 3.65. The second kappa shape index (κ2) is 6.92. The highest BCUT2D eigenvalue weighted by Gasteiger charge is 2.09. The van der Waals surface area contributed by atoms with Gasteiger partial charge in [0, 0.05) is 5.75 Å². The average Bonchev–Trinajstić information content (AvgIpc) is 2.26. The molecule has 1 N–H and O–H groups in total. The zero-order chi connectivity index (χ0) is 12.8. The molecule has 0 aliphatic rings. The SMILES string of the molecule is CC(C)Oc1ccc(C(O)CSC(C)C)cc1. The second-order valence-electron chi connectivity index (χ2n) is 4.63. The molecular formula is C14H22O2S. The van der Waals surface area contributed by atoms with Gasteiger partial charge in [0.05, 0.1) is 12.2 Å². The highest BCUT2D eigenvalue weighted by atomic mass is 32.2. The van der Waals surface area contributed by atoms with Crippen LogP contribution in [-0.4, -0.2) is 22.2 Å². The van der Waals surface area contributed by atoms with Crippen molar-refractivity contribution < 1.29 is 9.84 Å². The Bertz CT molecular complexity index is 319. The fourth-order valence-corrected chi connectivity index (χ4v) is 2.18. The third-order valence-corrected chi connectivity index (χ3v) is 3.40. The summed E-state index contributed by atoms with van der Waals surface area (Å²) in [5.74, 6) is 1.59. The highest BCUT2D eigenvalue weighted by Crippen LogP contribution is 2.23. The molecule has 1 atom stereocenters. The Morgan fingerprint density at radius 2 is 1.71 bits per heavy atom. The molecule has 0 amide bonds. The molecule has 0 heterocycles. The van der Waals surface area contributed by atoms with Gasteiger partial charge in [-0.1, -0.05) is 26.0 Å². The lowest BCUT2D eigenvalue weighted by Crippen LogP contribution is -2.06. The third kappa shape index (κ3) is 5.46. The Hall–Kier alpha value is -0.670. The van der Waals surface area contributed by atoms with Gasteiger partial charge in [0.25, 0.3) is 0 Å². The maximum Gasteiger partial charge on any atom is 0.119 e. The lowest BCUT2D eigenvalue weighted by atomic mass is 10.1. The molecule has 0 fully saturated rings. The van der Waals surface area contributed by atoms with E-state index in [0.717, 1.165) is 17.1 Å². The maximum absolute atomic E-state index is 9.98. The van der Waals surface area contributed by atoms with Gasteiger partial charge in [-0.25, -0.2) is 0 Å². The van der Waals surface area contributed by atoms with E-state index < -0.39 is 6.10 Å². The van der Waals surface area contributed by atoms with Crippen LogP contribution in [0.25, 0.3) is 0 Å². The van der Waals surface area contributed by atoms with Crippen LogP contribution in [0.4, 0.5) is 0 Å². The van der Waals surface area contributed by atoms with Crippen molar-refractivity contribution in [3.8, 4) is 5.75 Å². The minimum Gasteiger partial charge on any atom is -0.491 e. The van der Waals surface area contributed by atoms with E-state index in [1.165, 1.54) is 0 Å². The van der Waals surface area contributed by atoms with Gasteiger partial charge >= 0.3 is 0 Å². The van der Waals surface area contributed by atoms with Crippen LogP contribution in [0.1, 0.15) is 39.4 Å². The van der Waals surface area contributed by atoms with Gasteiger partial charge in [-0.05, 0) is 36.8 Å². The van der Waals surface area contributed by atoms with Crippen molar-refractivity contribution in [2.45, 2.75) is 45.2 Å². The average molecular weight is 254 g/mol. The van der Waals surface area contributed by atoms with Crippen molar-refractivity contribution in [2.75, 3.05) is 5.75 Å². The molecule has 0 bridgehead atoms. The number of aliphatic hydroxyl groups is 1. The summed E-state index contributed by atoms with van der Waals surface area (Å²) < 4.78 is 5.56. The van der Waals surface area contributed by atoms with E-state index in [1.807, 2.05) is 38.1 Å². The van der Waals surface area contributed by atoms with Crippen LogP contribution in [-0.2, 0) is 0 Å². The first-order valence-corrected chi connectivity index (χ1v) is 7.10. The first-order valence-electron chi connectivity index (χ1n) is 6.05. The van der Waals surface area contributed by atoms with Gasteiger partial charge in [-0.2, -0.15) is 11.8 Å². The molecule has 17 heavy (non-hydrogen) atoms. The molecule has 0 spiro atoms. The topological polar surface area (TPSA) is 29.5 Å². The molecular weight excluding hydrogens is 232 g/mol. The van der Waals surface area contributed by atoms with E-state index in [-0.39, 0.29) is 6.10 Å². The van der Waals surface area contributed by atoms with Gasteiger partial charge in [0.15, 0.2) is 0 Å². The van der Waals surface area contributed by atoms with Crippen LogP contribution in [0, 0.1) is 0 Å². The minimum atomic E-state index is -0.393. The molecule has 1 aromatic rings. The van der Waals surface area contributed by atoms with Gasteiger partial charge in [0.2, 0.25) is 0 Å². The van der Waals surface area contributed by atoms with E-state index in [9.17, 15) is 5.11 Å². The monoisotopic (exact) mass is 254 g/mol. The molecule has 0 saturated heterocycles. The number of thioether (sulfide) groups is 1. The molecule has 2 nitrogen and oxygen atoms in total. The quantitative estimate of drug-likeness (QED) is 0.840. The lowest BCUT2D eigenvalue weighted by molar-refractivity contribution is 0.203. The summed E-state index contributed by atoms with van der Waals surface area (Å²) in [4.78, 5) is 0. The van der Waals surface area contributed by atoms with Crippen LogP contribution >= 0.6 is 11.8 Å². The summed E-state index contributed by atoms with van der Waals surface area (Å²) in [6.45, 7) is 8.28. The molecule has 0 aliphatic heterocycles. The summed E-state index contributed by atoms with van der Waals surface area (Å²) >= 11 is 1.77. The van der Waals surface area contributed by atoms with Crippen molar-refractivity contribution in [3.63, 3.8) is 0 Å². The molecule has 0 saturated carbocycles. The van der Waals surface area contributed by atoms with Crippen LogP contribution in [0.5, 0.6) is 5.75 Å². The number of hydrogen-bond acceptors (Lipinski definition) is 3. The van der Waals surface area contributed by atoms with E-state index in [2.05, 4.69) is 13.8 Å². The standard InChI is InChI=1S/C14H22O2S/c1-10(2)16-13-7-5-12(6-8-13)14(15)9-17-11(3)4/h5-8,10-11,14-15H,9H2,1-4H3. The van der Waals surface area contributed by atoms with E-state index in [1.54, 1.807) is 11.8 Å². The zero-order valence-corrected chi connectivity index (χ0v) is 11.8. The largest absolute Gasteiger partial charge is 0.491 e. The molecule has 96 valence electrons. The number of aliphatic hydroxyl groups excluding tert-OH is 1. The molecule has 0 aromatic heterocycles. The third-order valence-electron chi connectivity index (χ3n) is 2.22. The van der Waals surface area contributed by atoms with E-state index >= 15 is 0 Å². The normalized spacial score (nSPS) is 13.1. The summed E-state index contributed by atoms with van der Waals surface area (Å²) in [6, 6.07) is 7.70. The van der Waals surface area contributed by atoms with Gasteiger partial charge < -0.3 is 9.84 Å². The fraction of sp³-hybridized carbons (Fsp3) is 0.571. The Morgan fingerprint density at radius 1 is 1.12 bits per heavy atom. The number of benzene rings is 1. The molecule has 3 heteroatoms. The Kier molecular flexibility index (Phi) is 5.86. The Balaban J connectivity index is 2.54. The minimum absolute atomic E-state index is 0.183. The lowest BCUT2D eigenvalue weighted by Gasteiger charge is -2.14. The Morgan fingerprint density at radius 3 is 2.18 bits per heavy atom. The van der Waals surface area contributed by atoms with Crippen molar-refractivity contribution in [3.05, 3.63) is 29.8 Å². The summed E-state index contributed by atoms with van der Waals surface area (Å²) in [6.07, 6.45) is -0.210. The molecule has 0 aliphatic carbocycles. The van der Waals surface area contributed by atoms with E-state index in [0.29, 0.717) is 5.25 Å². The van der Waals surface area contributed by atoms with Crippen molar-refractivity contribution in [2.24, 2.45) is 0 Å². The summed E-state index contributed by atoms with van der Waals surface area (Å²) in [5.41, 5.74) is 0.953.